The summed E-state index contributed by atoms with van der Waals surface area (Å²) in [7, 11) is 1.28. The van der Waals surface area contributed by atoms with E-state index in [0.29, 0.717) is 10.4 Å². The van der Waals surface area contributed by atoms with Gasteiger partial charge in [0.15, 0.2) is 0 Å². The quantitative estimate of drug-likeness (QED) is 0.643. The first-order chi connectivity index (χ1) is 10.2. The molecule has 0 atom stereocenters. The van der Waals surface area contributed by atoms with Crippen molar-refractivity contribution >= 4 is 51.9 Å². The van der Waals surface area contributed by atoms with Gasteiger partial charge in [-0.15, -0.1) is 24.0 Å². The third kappa shape index (κ3) is 3.69. The Balaban J connectivity index is 2.45. The third-order valence-corrected chi connectivity index (χ3v) is 3.86. The molecule has 0 aliphatic carbocycles. The van der Waals surface area contributed by atoms with Gasteiger partial charge < -0.3 is 9.47 Å². The van der Waals surface area contributed by atoms with Gasteiger partial charge in [-0.1, -0.05) is 0 Å². The van der Waals surface area contributed by atoms with Crippen LogP contribution >= 0.6 is 24.0 Å². The fourth-order valence-corrected chi connectivity index (χ4v) is 3.07. The van der Waals surface area contributed by atoms with Gasteiger partial charge in [-0.25, -0.2) is 9.59 Å². The van der Waals surface area contributed by atoms with Crippen LogP contribution in [0.1, 0.15) is 30.4 Å². The molecule has 0 fully saturated rings. The molecule has 0 aliphatic rings. The molecule has 2 aromatic heterocycles. The zero-order chi connectivity index (χ0) is 16.5. The van der Waals surface area contributed by atoms with Gasteiger partial charge in [0.05, 0.1) is 17.5 Å². The molecular formula is C14H16N2O4S2. The summed E-state index contributed by atoms with van der Waals surface area (Å²) in [6.45, 7) is 5.26. The Morgan fingerprint density at radius 1 is 1.36 bits per heavy atom. The molecule has 2 heterocycles. The van der Waals surface area contributed by atoms with Crippen molar-refractivity contribution in [2.75, 3.05) is 12.4 Å². The molecule has 0 saturated carbocycles. The number of nitrogens with one attached hydrogen (secondary N) is 1. The van der Waals surface area contributed by atoms with Crippen LogP contribution in [-0.4, -0.2) is 29.8 Å². The Morgan fingerprint density at radius 3 is 2.64 bits per heavy atom. The zero-order valence-corrected chi connectivity index (χ0v) is 14.3. The normalized spacial score (nSPS) is 11.3. The fraction of sp³-hybridized carbons (Fsp3) is 0.357. The summed E-state index contributed by atoms with van der Waals surface area (Å²) in [6.07, 6.45) is 0.883. The van der Waals surface area contributed by atoms with Crippen molar-refractivity contribution in [1.29, 1.82) is 0 Å². The topological polar surface area (TPSA) is 77.5 Å². The molecule has 0 bridgehead atoms. The van der Waals surface area contributed by atoms with Crippen molar-refractivity contribution in [3.8, 4) is 0 Å². The van der Waals surface area contributed by atoms with Gasteiger partial charge in [-0.3, -0.25) is 10.3 Å². The molecule has 2 rings (SSSR count). The number of aromatic nitrogens is 1. The zero-order valence-electron chi connectivity index (χ0n) is 12.6. The lowest BCUT2D eigenvalue weighted by Gasteiger charge is -2.19. The van der Waals surface area contributed by atoms with E-state index in [1.54, 1.807) is 33.0 Å². The predicted octanol–water partition coefficient (Wildman–Crippen LogP) is 3.72. The monoisotopic (exact) mass is 340 g/mol. The number of methoxy groups -OCH3 is 1. The van der Waals surface area contributed by atoms with E-state index >= 15 is 0 Å². The van der Waals surface area contributed by atoms with Gasteiger partial charge in [0.2, 0.25) is 0 Å². The Kier molecular flexibility index (Phi) is 4.62. The van der Waals surface area contributed by atoms with E-state index in [0.717, 1.165) is 4.70 Å². The Hall–Kier alpha value is -1.80. The number of hydrogen-bond acceptors (Lipinski definition) is 7. The smallest absolute Gasteiger partial charge is 0.412 e. The molecule has 6 nitrogen and oxygen atoms in total. The second kappa shape index (κ2) is 6.13. The van der Waals surface area contributed by atoms with Gasteiger partial charge >= 0.3 is 12.1 Å². The number of hydrogen-bond donors (Lipinski definition) is 2. The summed E-state index contributed by atoms with van der Waals surface area (Å²) in [5, 5.41) is 2.59. The van der Waals surface area contributed by atoms with Crippen molar-refractivity contribution in [2.24, 2.45) is 0 Å². The lowest BCUT2D eigenvalue weighted by Crippen LogP contribution is -2.27. The van der Waals surface area contributed by atoms with Crippen molar-refractivity contribution in [1.82, 2.24) is 4.98 Å². The van der Waals surface area contributed by atoms with E-state index in [2.05, 4.69) is 22.9 Å². The molecule has 1 N–H and O–H groups in total. The minimum absolute atomic E-state index is 0.259. The van der Waals surface area contributed by atoms with Crippen molar-refractivity contribution in [2.45, 2.75) is 31.3 Å². The van der Waals surface area contributed by atoms with E-state index in [-0.39, 0.29) is 10.6 Å². The number of rotatable bonds is 2. The number of carbonyl (C=O) groups is 2. The van der Waals surface area contributed by atoms with E-state index in [1.807, 2.05) is 0 Å². The molecule has 118 valence electrons. The van der Waals surface area contributed by atoms with Crippen molar-refractivity contribution in [3.63, 3.8) is 0 Å². The number of thiophene rings is 1. The lowest BCUT2D eigenvalue weighted by atomic mass is 10.2. The standard InChI is InChI=1S/C14H16N2O4S2/c1-14(2,3)20-13(18)16-10-9-8(5-7(21)6-15-9)22-11(10)12(17)19-4/h5-6,21H,1-4H3,(H,16,18). The van der Waals surface area contributed by atoms with Crippen LogP contribution in [0, 0.1) is 0 Å². The number of nitrogens with zero attached hydrogens (tertiary/aromatic N) is 1. The highest BCUT2D eigenvalue weighted by molar-refractivity contribution is 7.80. The minimum Gasteiger partial charge on any atom is -0.465 e. The number of anilines is 1. The van der Waals surface area contributed by atoms with Crippen LogP contribution in [0.2, 0.25) is 0 Å². The Bertz CT molecular complexity index is 734. The van der Waals surface area contributed by atoms with Gasteiger partial charge in [-0.05, 0) is 26.8 Å². The average Bonchev–Trinajstić information content (AvgIpc) is 2.73. The van der Waals surface area contributed by atoms with Crippen LogP contribution in [0.5, 0.6) is 0 Å². The molecule has 0 spiro atoms. The number of fused-ring (bicyclic) bond motifs is 1. The van der Waals surface area contributed by atoms with Gasteiger partial charge in [0, 0.05) is 11.1 Å². The molecule has 0 unspecified atom stereocenters. The second-order valence-electron chi connectivity index (χ2n) is 5.46. The largest absolute Gasteiger partial charge is 0.465 e. The summed E-state index contributed by atoms with van der Waals surface area (Å²) in [4.78, 5) is 29.0. The van der Waals surface area contributed by atoms with Gasteiger partial charge in [-0.2, -0.15) is 0 Å². The van der Waals surface area contributed by atoms with E-state index in [4.69, 9.17) is 9.47 Å². The number of esters is 1. The molecule has 2 aromatic rings. The molecule has 0 aliphatic heterocycles. The number of pyridine rings is 1. The first kappa shape index (κ1) is 16.6. The number of amides is 1. The van der Waals surface area contributed by atoms with Gasteiger partial charge in [0.25, 0.3) is 0 Å². The first-order valence-electron chi connectivity index (χ1n) is 6.41. The van der Waals surface area contributed by atoms with Crippen LogP contribution in [0.3, 0.4) is 0 Å². The van der Waals surface area contributed by atoms with E-state index < -0.39 is 17.7 Å². The highest BCUT2D eigenvalue weighted by Crippen LogP contribution is 2.36. The maximum absolute atomic E-state index is 12.0. The minimum atomic E-state index is -0.658. The summed E-state index contributed by atoms with van der Waals surface area (Å²) in [5.41, 5.74) is 0.135. The second-order valence-corrected chi connectivity index (χ2v) is 7.03. The molecular weight excluding hydrogens is 324 g/mol. The van der Waals surface area contributed by atoms with Crippen LogP contribution in [0.4, 0.5) is 10.5 Å². The SMILES string of the molecule is COC(=O)c1sc2cc(S)cnc2c1NC(=O)OC(C)(C)C. The predicted molar refractivity (Wildman–Crippen MR) is 88.1 cm³/mol. The summed E-state index contributed by atoms with van der Waals surface area (Å²) in [6, 6.07) is 1.77. The van der Waals surface area contributed by atoms with Crippen LogP contribution in [-0.2, 0) is 9.47 Å². The molecule has 1 amide bonds. The molecule has 0 saturated heterocycles. The summed E-state index contributed by atoms with van der Waals surface area (Å²) < 4.78 is 10.7. The maximum Gasteiger partial charge on any atom is 0.412 e. The Morgan fingerprint density at radius 2 is 2.05 bits per heavy atom. The third-order valence-electron chi connectivity index (χ3n) is 2.51. The van der Waals surface area contributed by atoms with Crippen molar-refractivity contribution in [3.05, 3.63) is 17.1 Å². The molecule has 8 heteroatoms. The average molecular weight is 340 g/mol. The number of carbonyl (C=O) groups excluding carboxylic acids is 2. The van der Waals surface area contributed by atoms with E-state index in [9.17, 15) is 9.59 Å². The summed E-state index contributed by atoms with van der Waals surface area (Å²) >= 11 is 5.40. The highest BCUT2D eigenvalue weighted by atomic mass is 32.1. The fourth-order valence-electron chi connectivity index (χ4n) is 1.73. The van der Waals surface area contributed by atoms with E-state index in [1.165, 1.54) is 18.4 Å². The van der Waals surface area contributed by atoms with Crippen LogP contribution in [0.25, 0.3) is 10.2 Å². The Labute approximate surface area is 137 Å². The lowest BCUT2D eigenvalue weighted by molar-refractivity contribution is 0.0607. The molecule has 22 heavy (non-hydrogen) atoms. The van der Waals surface area contributed by atoms with Crippen LogP contribution in [0.15, 0.2) is 17.2 Å². The van der Waals surface area contributed by atoms with Gasteiger partial charge in [0.1, 0.15) is 16.0 Å². The molecule has 0 radical (unpaired) electrons. The molecule has 0 aromatic carbocycles. The maximum atomic E-state index is 12.0. The van der Waals surface area contributed by atoms with Crippen LogP contribution < -0.4 is 5.32 Å². The first-order valence-corrected chi connectivity index (χ1v) is 7.67. The number of thiol groups is 1. The number of ether oxygens (including phenoxy) is 2. The highest BCUT2D eigenvalue weighted by Gasteiger charge is 2.24. The summed E-state index contributed by atoms with van der Waals surface area (Å²) in [5.74, 6) is -0.547. The van der Waals surface area contributed by atoms with Crippen molar-refractivity contribution < 1.29 is 19.1 Å².